The molecule has 1 nitrogen and oxygen atoms in total. The van der Waals surface area contributed by atoms with Gasteiger partial charge in [0.05, 0.1) is 5.54 Å². The third-order valence-electron chi connectivity index (χ3n) is 4.13. The highest BCUT2D eigenvalue weighted by molar-refractivity contribution is 6.53. The van der Waals surface area contributed by atoms with Gasteiger partial charge in [-0.05, 0) is 16.7 Å². The smallest absolute Gasteiger partial charge is 0.104 e. The average molecular weight is 318 g/mol. The Morgan fingerprint density at radius 3 is 1.13 bits per heavy atom. The third-order valence-corrected chi connectivity index (χ3v) is 5.14. The standard InChI is InChI=1S/C21H23NSi/c1-23(2)22-21(18-12-6-3-7-13-18,19-14-8-4-9-15-19)20-16-10-5-11-17-20/h3-17,22-23H,1-2H3. The predicted molar refractivity (Wildman–Crippen MR) is 101 cm³/mol. The Bertz CT molecular complexity index is 627. The van der Waals surface area contributed by atoms with E-state index in [-0.39, 0.29) is 5.54 Å². The van der Waals surface area contributed by atoms with Gasteiger partial charge >= 0.3 is 0 Å². The van der Waals surface area contributed by atoms with E-state index >= 15 is 0 Å². The maximum Gasteiger partial charge on any atom is 0.104 e. The molecule has 3 rings (SSSR count). The summed E-state index contributed by atoms with van der Waals surface area (Å²) >= 11 is 0. The first-order valence-corrected chi connectivity index (χ1v) is 11.1. The molecule has 23 heavy (non-hydrogen) atoms. The van der Waals surface area contributed by atoms with Crippen molar-refractivity contribution in [3.8, 4) is 0 Å². The van der Waals surface area contributed by atoms with Crippen molar-refractivity contribution >= 4 is 8.96 Å². The summed E-state index contributed by atoms with van der Waals surface area (Å²) in [6.07, 6.45) is 0. The minimum absolute atomic E-state index is 0.288. The third kappa shape index (κ3) is 3.14. The SMILES string of the molecule is C[SiH](C)NC(c1ccccc1)(c1ccccc1)c1ccccc1. The Morgan fingerprint density at radius 1 is 0.565 bits per heavy atom. The summed E-state index contributed by atoms with van der Waals surface area (Å²) in [4.78, 5) is 3.98. The van der Waals surface area contributed by atoms with Gasteiger partial charge in [0.2, 0.25) is 0 Å². The molecule has 3 aromatic carbocycles. The van der Waals surface area contributed by atoms with Crippen LogP contribution in [0.2, 0.25) is 13.1 Å². The Hall–Kier alpha value is -2.16. The molecule has 1 N–H and O–H groups in total. The zero-order valence-electron chi connectivity index (χ0n) is 13.7. The van der Waals surface area contributed by atoms with Crippen LogP contribution in [0.5, 0.6) is 0 Å². The van der Waals surface area contributed by atoms with Gasteiger partial charge in [-0.15, -0.1) is 0 Å². The summed E-state index contributed by atoms with van der Waals surface area (Å²) in [5, 5.41) is 0. The van der Waals surface area contributed by atoms with E-state index in [1.165, 1.54) is 16.7 Å². The van der Waals surface area contributed by atoms with Crippen molar-refractivity contribution in [2.75, 3.05) is 0 Å². The van der Waals surface area contributed by atoms with E-state index in [2.05, 4.69) is 109 Å². The Balaban J connectivity index is 2.30. The molecule has 0 radical (unpaired) electrons. The van der Waals surface area contributed by atoms with Crippen molar-refractivity contribution in [1.82, 2.24) is 4.98 Å². The summed E-state index contributed by atoms with van der Waals surface area (Å²) < 4.78 is 0. The fourth-order valence-electron chi connectivity index (χ4n) is 3.25. The van der Waals surface area contributed by atoms with Crippen LogP contribution >= 0.6 is 0 Å². The molecule has 116 valence electrons. The summed E-state index contributed by atoms with van der Waals surface area (Å²) in [6.45, 7) is 4.67. The topological polar surface area (TPSA) is 12.0 Å². The molecule has 0 fully saturated rings. The minimum atomic E-state index is -1.05. The van der Waals surface area contributed by atoms with Crippen LogP contribution in [-0.4, -0.2) is 8.96 Å². The molecule has 0 bridgehead atoms. The van der Waals surface area contributed by atoms with Crippen molar-refractivity contribution in [2.45, 2.75) is 18.6 Å². The van der Waals surface area contributed by atoms with E-state index in [9.17, 15) is 0 Å². The molecule has 0 aromatic heterocycles. The van der Waals surface area contributed by atoms with E-state index in [0.717, 1.165) is 0 Å². The zero-order valence-corrected chi connectivity index (χ0v) is 14.9. The van der Waals surface area contributed by atoms with Gasteiger partial charge in [0.15, 0.2) is 0 Å². The van der Waals surface area contributed by atoms with Gasteiger partial charge in [0, 0.05) is 0 Å². The Kier molecular flexibility index (Phi) is 4.75. The lowest BCUT2D eigenvalue weighted by Gasteiger charge is -2.38. The van der Waals surface area contributed by atoms with Crippen molar-refractivity contribution in [2.24, 2.45) is 0 Å². The van der Waals surface area contributed by atoms with E-state index < -0.39 is 8.96 Å². The van der Waals surface area contributed by atoms with Crippen LogP contribution in [0, 0.1) is 0 Å². The predicted octanol–water partition coefficient (Wildman–Crippen LogP) is 4.55. The number of hydrogen-bond acceptors (Lipinski definition) is 1. The van der Waals surface area contributed by atoms with Gasteiger partial charge in [0.1, 0.15) is 8.96 Å². The second-order valence-electron chi connectivity index (χ2n) is 6.15. The first-order chi connectivity index (χ1) is 11.2. The summed E-state index contributed by atoms with van der Waals surface area (Å²) in [5.74, 6) is 0. The van der Waals surface area contributed by atoms with Gasteiger partial charge in [0.25, 0.3) is 0 Å². The van der Waals surface area contributed by atoms with E-state index in [1.807, 2.05) is 0 Å². The van der Waals surface area contributed by atoms with Gasteiger partial charge in [-0.1, -0.05) is 104 Å². The molecule has 3 aromatic rings. The number of hydrogen-bond donors (Lipinski definition) is 1. The molecule has 0 saturated heterocycles. The number of nitrogens with one attached hydrogen (secondary N) is 1. The fraction of sp³-hybridized carbons (Fsp3) is 0.143. The number of rotatable bonds is 5. The molecule has 0 heterocycles. The molecule has 0 aliphatic heterocycles. The van der Waals surface area contributed by atoms with E-state index in [4.69, 9.17) is 0 Å². The van der Waals surface area contributed by atoms with Gasteiger partial charge in [-0.3, -0.25) is 0 Å². The zero-order chi connectivity index (χ0) is 16.1. The fourth-order valence-corrected chi connectivity index (χ4v) is 4.61. The van der Waals surface area contributed by atoms with Crippen LogP contribution in [0.25, 0.3) is 0 Å². The lowest BCUT2D eigenvalue weighted by Crippen LogP contribution is -2.49. The number of benzene rings is 3. The van der Waals surface area contributed by atoms with Crippen LogP contribution in [0.15, 0.2) is 91.0 Å². The highest BCUT2D eigenvalue weighted by Crippen LogP contribution is 2.36. The van der Waals surface area contributed by atoms with Crippen LogP contribution in [0.3, 0.4) is 0 Å². The summed E-state index contributed by atoms with van der Waals surface area (Å²) in [6, 6.07) is 32.3. The Morgan fingerprint density at radius 2 is 0.870 bits per heavy atom. The quantitative estimate of drug-likeness (QED) is 0.537. The second kappa shape index (κ2) is 6.94. The first kappa shape index (κ1) is 15.7. The van der Waals surface area contributed by atoms with E-state index in [0.29, 0.717) is 0 Å². The first-order valence-electron chi connectivity index (χ1n) is 8.18. The van der Waals surface area contributed by atoms with Gasteiger partial charge in [-0.2, -0.15) is 0 Å². The van der Waals surface area contributed by atoms with Crippen molar-refractivity contribution in [1.29, 1.82) is 0 Å². The molecular formula is C21H23NSi. The van der Waals surface area contributed by atoms with Crippen LogP contribution in [0.4, 0.5) is 0 Å². The van der Waals surface area contributed by atoms with Crippen LogP contribution < -0.4 is 4.98 Å². The normalized spacial score (nSPS) is 11.6. The molecular weight excluding hydrogens is 294 g/mol. The molecule has 0 atom stereocenters. The molecule has 0 amide bonds. The lowest BCUT2D eigenvalue weighted by molar-refractivity contribution is 0.583. The molecule has 0 spiro atoms. The van der Waals surface area contributed by atoms with Gasteiger partial charge < -0.3 is 4.98 Å². The maximum absolute atomic E-state index is 3.98. The molecule has 0 saturated carbocycles. The highest BCUT2D eigenvalue weighted by Gasteiger charge is 2.36. The molecule has 2 heteroatoms. The Labute approximate surface area is 140 Å². The van der Waals surface area contributed by atoms with Crippen molar-refractivity contribution in [3.05, 3.63) is 108 Å². The maximum atomic E-state index is 3.98. The average Bonchev–Trinajstić information content (AvgIpc) is 2.62. The van der Waals surface area contributed by atoms with Crippen molar-refractivity contribution in [3.63, 3.8) is 0 Å². The molecule has 0 unspecified atom stereocenters. The molecule has 0 aliphatic rings. The summed E-state index contributed by atoms with van der Waals surface area (Å²) in [7, 11) is -1.05. The van der Waals surface area contributed by atoms with E-state index in [1.54, 1.807) is 0 Å². The van der Waals surface area contributed by atoms with Gasteiger partial charge in [-0.25, -0.2) is 0 Å². The monoisotopic (exact) mass is 317 g/mol. The van der Waals surface area contributed by atoms with Crippen LogP contribution in [0.1, 0.15) is 16.7 Å². The van der Waals surface area contributed by atoms with Crippen LogP contribution in [-0.2, 0) is 5.54 Å². The largest absolute Gasteiger partial charge is 0.324 e. The molecule has 0 aliphatic carbocycles. The lowest BCUT2D eigenvalue weighted by atomic mass is 9.78. The highest BCUT2D eigenvalue weighted by atomic mass is 28.3. The minimum Gasteiger partial charge on any atom is -0.324 e. The second-order valence-corrected chi connectivity index (χ2v) is 8.75. The summed E-state index contributed by atoms with van der Waals surface area (Å²) in [5.41, 5.74) is 3.58. The van der Waals surface area contributed by atoms with Crippen molar-refractivity contribution < 1.29 is 0 Å².